The number of nitriles is 1. The Morgan fingerprint density at radius 2 is 2.00 bits per heavy atom. The summed E-state index contributed by atoms with van der Waals surface area (Å²) in [6, 6.07) is 9.52. The standard InChI is InChI=1S/C16H22N2O4/c1-16(11-17,15(21)22-10-14(20)9-19)8-12-4-6-13(7-5-12)18(2)3/h4-7,14,19-20H,8-10H2,1-3H3. The molecule has 0 spiro atoms. The summed E-state index contributed by atoms with van der Waals surface area (Å²) >= 11 is 0. The van der Waals surface area contributed by atoms with E-state index < -0.39 is 24.1 Å². The molecule has 0 heterocycles. The molecule has 2 unspecified atom stereocenters. The van der Waals surface area contributed by atoms with Gasteiger partial charge in [-0.05, 0) is 24.6 Å². The van der Waals surface area contributed by atoms with Crippen molar-refractivity contribution < 1.29 is 19.7 Å². The van der Waals surface area contributed by atoms with Crippen molar-refractivity contribution in [3.05, 3.63) is 29.8 Å². The van der Waals surface area contributed by atoms with Crippen LogP contribution in [0, 0.1) is 16.7 Å². The Labute approximate surface area is 130 Å². The first kappa shape index (κ1) is 18.0. The number of esters is 1. The number of benzene rings is 1. The van der Waals surface area contributed by atoms with Gasteiger partial charge in [0.1, 0.15) is 12.7 Å². The van der Waals surface area contributed by atoms with Crippen LogP contribution < -0.4 is 4.90 Å². The Kier molecular flexibility index (Phi) is 6.35. The van der Waals surface area contributed by atoms with Crippen molar-refractivity contribution >= 4 is 11.7 Å². The second kappa shape index (κ2) is 7.78. The molecule has 1 rings (SSSR count). The number of anilines is 1. The highest BCUT2D eigenvalue weighted by Gasteiger charge is 2.35. The Bertz CT molecular complexity index is 536. The molecule has 0 amide bonds. The average Bonchev–Trinajstić information content (AvgIpc) is 2.52. The van der Waals surface area contributed by atoms with Gasteiger partial charge in [0.25, 0.3) is 0 Å². The van der Waals surface area contributed by atoms with E-state index in [0.717, 1.165) is 11.3 Å². The molecule has 0 fully saturated rings. The van der Waals surface area contributed by atoms with E-state index in [1.165, 1.54) is 6.92 Å². The minimum atomic E-state index is -1.34. The number of ether oxygens (including phenoxy) is 1. The number of nitrogens with zero attached hydrogens (tertiary/aromatic N) is 2. The summed E-state index contributed by atoms with van der Waals surface area (Å²) in [7, 11) is 3.86. The molecule has 22 heavy (non-hydrogen) atoms. The SMILES string of the molecule is CN(C)c1ccc(CC(C)(C#N)C(=O)OCC(O)CO)cc1. The zero-order chi connectivity index (χ0) is 16.8. The largest absolute Gasteiger partial charge is 0.462 e. The lowest BCUT2D eigenvalue weighted by Crippen LogP contribution is -2.33. The highest BCUT2D eigenvalue weighted by molar-refractivity contribution is 5.80. The fourth-order valence-electron chi connectivity index (χ4n) is 1.86. The van der Waals surface area contributed by atoms with Crippen LogP contribution in [0.3, 0.4) is 0 Å². The predicted octanol–water partition coefficient (Wildman–Crippen LogP) is 0.721. The van der Waals surface area contributed by atoms with Gasteiger partial charge in [-0.25, -0.2) is 0 Å². The summed E-state index contributed by atoms with van der Waals surface area (Å²) in [4.78, 5) is 14.0. The van der Waals surface area contributed by atoms with Crippen molar-refractivity contribution in [2.75, 3.05) is 32.2 Å². The van der Waals surface area contributed by atoms with E-state index in [1.54, 1.807) is 0 Å². The lowest BCUT2D eigenvalue weighted by Gasteiger charge is -2.21. The molecular formula is C16H22N2O4. The summed E-state index contributed by atoms with van der Waals surface area (Å²) in [6.07, 6.45) is -0.920. The summed E-state index contributed by atoms with van der Waals surface area (Å²) in [5.41, 5.74) is 0.528. The summed E-state index contributed by atoms with van der Waals surface area (Å²) in [5.74, 6) is -0.709. The summed E-state index contributed by atoms with van der Waals surface area (Å²) < 4.78 is 4.91. The van der Waals surface area contributed by atoms with Crippen LogP contribution in [0.1, 0.15) is 12.5 Å². The number of rotatable bonds is 7. The van der Waals surface area contributed by atoms with E-state index >= 15 is 0 Å². The smallest absolute Gasteiger partial charge is 0.326 e. The highest BCUT2D eigenvalue weighted by atomic mass is 16.5. The van der Waals surface area contributed by atoms with Crippen LogP contribution in [0.5, 0.6) is 0 Å². The van der Waals surface area contributed by atoms with Crippen molar-refractivity contribution in [2.45, 2.75) is 19.4 Å². The van der Waals surface area contributed by atoms with Crippen molar-refractivity contribution in [2.24, 2.45) is 5.41 Å². The molecule has 2 N–H and O–H groups in total. The quantitative estimate of drug-likeness (QED) is 0.721. The van der Waals surface area contributed by atoms with Crippen molar-refractivity contribution in [1.82, 2.24) is 0 Å². The van der Waals surface area contributed by atoms with Gasteiger partial charge < -0.3 is 19.8 Å². The molecule has 0 aliphatic heterocycles. The molecule has 2 atom stereocenters. The molecule has 0 radical (unpaired) electrons. The molecule has 0 saturated heterocycles. The van der Waals surface area contributed by atoms with Gasteiger partial charge >= 0.3 is 5.97 Å². The Morgan fingerprint density at radius 1 is 1.41 bits per heavy atom. The zero-order valence-electron chi connectivity index (χ0n) is 13.1. The third kappa shape index (κ3) is 4.72. The van der Waals surface area contributed by atoms with E-state index in [9.17, 15) is 15.2 Å². The fraction of sp³-hybridized carbons (Fsp3) is 0.500. The van der Waals surface area contributed by atoms with Gasteiger partial charge in [0.15, 0.2) is 5.41 Å². The monoisotopic (exact) mass is 306 g/mol. The Hall–Kier alpha value is -2.10. The maximum atomic E-state index is 12.1. The van der Waals surface area contributed by atoms with Gasteiger partial charge in [0, 0.05) is 26.2 Å². The van der Waals surface area contributed by atoms with Crippen molar-refractivity contribution in [1.29, 1.82) is 5.26 Å². The fourth-order valence-corrected chi connectivity index (χ4v) is 1.86. The molecular weight excluding hydrogens is 284 g/mol. The minimum absolute atomic E-state index is 0.214. The summed E-state index contributed by atoms with van der Waals surface area (Å²) in [6.45, 7) is 0.676. The van der Waals surface area contributed by atoms with Crippen LogP contribution >= 0.6 is 0 Å². The molecule has 0 bridgehead atoms. The molecule has 6 heteroatoms. The van der Waals surface area contributed by atoms with Crippen LogP contribution in [0.4, 0.5) is 5.69 Å². The van der Waals surface area contributed by atoms with Crippen LogP contribution in [-0.4, -0.2) is 49.6 Å². The first-order valence-corrected chi connectivity index (χ1v) is 6.96. The van der Waals surface area contributed by atoms with E-state index in [1.807, 2.05) is 49.3 Å². The molecule has 0 aromatic heterocycles. The lowest BCUT2D eigenvalue weighted by molar-refractivity contribution is -0.155. The molecule has 6 nitrogen and oxygen atoms in total. The minimum Gasteiger partial charge on any atom is -0.462 e. The second-order valence-corrected chi connectivity index (χ2v) is 5.62. The van der Waals surface area contributed by atoms with Gasteiger partial charge in [-0.1, -0.05) is 12.1 Å². The van der Waals surface area contributed by atoms with Gasteiger partial charge in [-0.2, -0.15) is 5.26 Å². The third-order valence-electron chi connectivity index (χ3n) is 3.33. The molecule has 0 aliphatic rings. The third-order valence-corrected chi connectivity index (χ3v) is 3.33. The van der Waals surface area contributed by atoms with Gasteiger partial charge in [0.05, 0.1) is 12.7 Å². The van der Waals surface area contributed by atoms with Crippen molar-refractivity contribution in [3.8, 4) is 6.07 Å². The first-order chi connectivity index (χ1) is 10.3. The predicted molar refractivity (Wildman–Crippen MR) is 82.2 cm³/mol. The molecule has 1 aromatic carbocycles. The number of carbonyl (C=O) groups is 1. The number of aliphatic hydroxyl groups is 2. The number of carbonyl (C=O) groups excluding carboxylic acids is 1. The van der Waals surface area contributed by atoms with Crippen LogP contribution in [-0.2, 0) is 16.0 Å². The number of aliphatic hydroxyl groups excluding tert-OH is 2. The average molecular weight is 306 g/mol. The van der Waals surface area contributed by atoms with Crippen LogP contribution in [0.2, 0.25) is 0 Å². The number of hydrogen-bond acceptors (Lipinski definition) is 6. The van der Waals surface area contributed by atoms with E-state index in [4.69, 9.17) is 9.84 Å². The van der Waals surface area contributed by atoms with Crippen LogP contribution in [0.15, 0.2) is 24.3 Å². The van der Waals surface area contributed by atoms with Crippen molar-refractivity contribution in [3.63, 3.8) is 0 Å². The lowest BCUT2D eigenvalue weighted by atomic mass is 9.85. The Morgan fingerprint density at radius 3 is 2.45 bits per heavy atom. The van der Waals surface area contributed by atoms with E-state index in [-0.39, 0.29) is 13.0 Å². The van der Waals surface area contributed by atoms with Gasteiger partial charge in [0.2, 0.25) is 0 Å². The van der Waals surface area contributed by atoms with Gasteiger partial charge in [-0.15, -0.1) is 0 Å². The molecule has 120 valence electrons. The maximum absolute atomic E-state index is 12.1. The first-order valence-electron chi connectivity index (χ1n) is 6.96. The summed E-state index contributed by atoms with van der Waals surface area (Å²) in [5, 5.41) is 27.2. The molecule has 0 aliphatic carbocycles. The topological polar surface area (TPSA) is 93.8 Å². The van der Waals surface area contributed by atoms with Gasteiger partial charge in [-0.3, -0.25) is 4.79 Å². The molecule has 0 saturated carbocycles. The van der Waals surface area contributed by atoms with E-state index in [0.29, 0.717) is 0 Å². The molecule has 1 aromatic rings. The van der Waals surface area contributed by atoms with Crippen LogP contribution in [0.25, 0.3) is 0 Å². The number of hydrogen-bond donors (Lipinski definition) is 2. The highest BCUT2D eigenvalue weighted by Crippen LogP contribution is 2.25. The normalized spacial score (nSPS) is 14.5. The van der Waals surface area contributed by atoms with E-state index in [2.05, 4.69) is 0 Å². The Balaban J connectivity index is 2.77. The maximum Gasteiger partial charge on any atom is 0.326 e. The zero-order valence-corrected chi connectivity index (χ0v) is 13.1. The second-order valence-electron chi connectivity index (χ2n) is 5.62.